The van der Waals surface area contributed by atoms with Gasteiger partial charge in [0.05, 0.1) is 31.1 Å². The second-order valence-corrected chi connectivity index (χ2v) is 6.22. The number of nitrogens with zero attached hydrogens (tertiary/aromatic N) is 5. The summed E-state index contributed by atoms with van der Waals surface area (Å²) < 4.78 is 14.2. The predicted molar refractivity (Wildman–Crippen MR) is 104 cm³/mol. The van der Waals surface area contributed by atoms with E-state index in [1.807, 2.05) is 31.4 Å². The molecule has 142 valence electrons. The Balaban J connectivity index is 1.51. The lowest BCUT2D eigenvalue weighted by Crippen LogP contribution is -2.25. The van der Waals surface area contributed by atoms with Crippen LogP contribution >= 0.6 is 0 Å². The first-order valence-corrected chi connectivity index (χ1v) is 8.77. The molecule has 0 spiro atoms. The summed E-state index contributed by atoms with van der Waals surface area (Å²) in [5, 5.41) is 9.43. The van der Waals surface area contributed by atoms with E-state index in [0.29, 0.717) is 24.6 Å². The maximum absolute atomic E-state index is 12.1. The first kappa shape index (κ1) is 17.7. The number of ether oxygens (including phenoxy) is 2. The van der Waals surface area contributed by atoms with Crippen LogP contribution < -0.4 is 15.0 Å². The zero-order valence-corrected chi connectivity index (χ0v) is 15.6. The summed E-state index contributed by atoms with van der Waals surface area (Å²) in [4.78, 5) is 16.5. The molecule has 0 N–H and O–H groups in total. The van der Waals surface area contributed by atoms with Gasteiger partial charge in [-0.1, -0.05) is 0 Å². The Hall–Kier alpha value is -3.68. The van der Waals surface area contributed by atoms with Gasteiger partial charge in [0.1, 0.15) is 18.1 Å². The van der Waals surface area contributed by atoms with Crippen molar-refractivity contribution >= 4 is 10.9 Å². The molecule has 0 bridgehead atoms. The highest BCUT2D eigenvalue weighted by Gasteiger charge is 2.07. The fourth-order valence-electron chi connectivity index (χ4n) is 2.91. The third-order valence-electron chi connectivity index (χ3n) is 4.34. The number of pyridine rings is 1. The summed E-state index contributed by atoms with van der Waals surface area (Å²) in [5.41, 5.74) is 2.15. The van der Waals surface area contributed by atoms with Crippen molar-refractivity contribution in [3.8, 4) is 22.8 Å². The molecule has 0 aliphatic rings. The SMILES string of the molecule is COc1ccc2c(OCCn3nc(-c4cnn(C)c4)ccc3=O)ccnc2c1. The smallest absolute Gasteiger partial charge is 0.266 e. The van der Waals surface area contributed by atoms with Crippen LogP contribution in [0.15, 0.2) is 59.8 Å². The lowest BCUT2D eigenvalue weighted by atomic mass is 10.2. The van der Waals surface area contributed by atoms with Gasteiger partial charge in [-0.15, -0.1) is 0 Å². The van der Waals surface area contributed by atoms with Gasteiger partial charge in [-0.2, -0.15) is 10.2 Å². The monoisotopic (exact) mass is 377 g/mol. The van der Waals surface area contributed by atoms with Crippen LogP contribution in [0.4, 0.5) is 0 Å². The Morgan fingerprint density at radius 3 is 2.82 bits per heavy atom. The zero-order valence-electron chi connectivity index (χ0n) is 15.6. The molecule has 3 heterocycles. The molecule has 3 aromatic heterocycles. The molecule has 0 aliphatic carbocycles. The Morgan fingerprint density at radius 2 is 2.04 bits per heavy atom. The predicted octanol–water partition coefficient (Wildman–Crippen LogP) is 2.28. The minimum Gasteiger partial charge on any atom is -0.497 e. The lowest BCUT2D eigenvalue weighted by Gasteiger charge is -2.11. The van der Waals surface area contributed by atoms with Crippen molar-refractivity contribution in [1.82, 2.24) is 24.5 Å². The lowest BCUT2D eigenvalue weighted by molar-refractivity contribution is 0.291. The highest BCUT2D eigenvalue weighted by Crippen LogP contribution is 2.27. The van der Waals surface area contributed by atoms with E-state index in [0.717, 1.165) is 22.2 Å². The molecule has 8 nitrogen and oxygen atoms in total. The number of aromatic nitrogens is 5. The van der Waals surface area contributed by atoms with Crippen molar-refractivity contribution in [3.63, 3.8) is 0 Å². The summed E-state index contributed by atoms with van der Waals surface area (Å²) in [6.07, 6.45) is 5.25. The molecule has 0 unspecified atom stereocenters. The van der Waals surface area contributed by atoms with E-state index in [1.54, 1.807) is 36.3 Å². The molecule has 0 saturated heterocycles. The molecule has 0 fully saturated rings. The van der Waals surface area contributed by atoms with E-state index in [2.05, 4.69) is 15.2 Å². The number of rotatable bonds is 6. The van der Waals surface area contributed by atoms with Gasteiger partial charge in [-0.05, 0) is 24.3 Å². The third-order valence-corrected chi connectivity index (χ3v) is 4.34. The van der Waals surface area contributed by atoms with Crippen LogP contribution in [0.1, 0.15) is 0 Å². The quantitative estimate of drug-likeness (QED) is 0.513. The van der Waals surface area contributed by atoms with Crippen LogP contribution in [-0.2, 0) is 13.6 Å². The van der Waals surface area contributed by atoms with Crippen molar-refractivity contribution in [2.45, 2.75) is 6.54 Å². The number of aryl methyl sites for hydroxylation is 1. The Labute approximate surface area is 161 Å². The molecule has 0 aliphatic heterocycles. The summed E-state index contributed by atoms with van der Waals surface area (Å²) in [6, 6.07) is 10.6. The van der Waals surface area contributed by atoms with E-state index >= 15 is 0 Å². The highest BCUT2D eigenvalue weighted by molar-refractivity contribution is 5.85. The molecule has 0 saturated carbocycles. The van der Waals surface area contributed by atoms with Crippen molar-refractivity contribution in [2.24, 2.45) is 7.05 Å². The molecule has 28 heavy (non-hydrogen) atoms. The average Bonchev–Trinajstić information content (AvgIpc) is 3.15. The van der Waals surface area contributed by atoms with Crippen molar-refractivity contribution in [1.29, 1.82) is 0 Å². The Morgan fingerprint density at radius 1 is 1.14 bits per heavy atom. The van der Waals surface area contributed by atoms with E-state index in [-0.39, 0.29) is 5.56 Å². The van der Waals surface area contributed by atoms with Gasteiger partial charge in [-0.3, -0.25) is 14.5 Å². The van der Waals surface area contributed by atoms with Crippen LogP contribution in [-0.4, -0.2) is 38.3 Å². The van der Waals surface area contributed by atoms with Crippen molar-refractivity contribution in [2.75, 3.05) is 13.7 Å². The normalized spacial score (nSPS) is 10.9. The molecule has 4 rings (SSSR count). The number of benzene rings is 1. The van der Waals surface area contributed by atoms with E-state index in [1.165, 1.54) is 10.7 Å². The fraction of sp³-hybridized carbons (Fsp3) is 0.200. The Kier molecular flexibility index (Phi) is 4.76. The van der Waals surface area contributed by atoms with E-state index < -0.39 is 0 Å². The topological polar surface area (TPSA) is 84.1 Å². The maximum Gasteiger partial charge on any atom is 0.266 e. The summed E-state index contributed by atoms with van der Waals surface area (Å²) in [7, 11) is 3.45. The minimum atomic E-state index is -0.180. The number of hydrogen-bond donors (Lipinski definition) is 0. The first-order chi connectivity index (χ1) is 13.6. The first-order valence-electron chi connectivity index (χ1n) is 8.77. The molecule has 1 aromatic carbocycles. The van der Waals surface area contributed by atoms with Crippen molar-refractivity contribution < 1.29 is 9.47 Å². The largest absolute Gasteiger partial charge is 0.497 e. The standard InChI is InChI=1S/C20H19N5O3/c1-24-13-14(12-22-24)17-5-6-20(26)25(23-17)9-10-28-19-7-8-21-18-11-15(27-2)3-4-16(18)19/h3-8,11-13H,9-10H2,1-2H3. The number of fused-ring (bicyclic) bond motifs is 1. The average molecular weight is 377 g/mol. The molecule has 0 atom stereocenters. The van der Waals surface area contributed by atoms with Crippen LogP contribution in [0.2, 0.25) is 0 Å². The summed E-state index contributed by atoms with van der Waals surface area (Å²) in [5.74, 6) is 1.43. The zero-order chi connectivity index (χ0) is 19.5. The van der Waals surface area contributed by atoms with E-state index in [4.69, 9.17) is 9.47 Å². The second-order valence-electron chi connectivity index (χ2n) is 6.22. The van der Waals surface area contributed by atoms with Gasteiger partial charge in [0, 0.05) is 42.5 Å². The van der Waals surface area contributed by atoms with Crippen LogP contribution in [0.5, 0.6) is 11.5 Å². The van der Waals surface area contributed by atoms with Gasteiger partial charge in [0.2, 0.25) is 0 Å². The third kappa shape index (κ3) is 3.57. The highest BCUT2D eigenvalue weighted by atomic mass is 16.5. The van der Waals surface area contributed by atoms with Gasteiger partial charge in [0.15, 0.2) is 0 Å². The molecular weight excluding hydrogens is 358 g/mol. The van der Waals surface area contributed by atoms with Gasteiger partial charge < -0.3 is 9.47 Å². The van der Waals surface area contributed by atoms with Gasteiger partial charge >= 0.3 is 0 Å². The van der Waals surface area contributed by atoms with Crippen LogP contribution in [0.3, 0.4) is 0 Å². The van der Waals surface area contributed by atoms with E-state index in [9.17, 15) is 4.79 Å². The van der Waals surface area contributed by atoms with Crippen molar-refractivity contribution in [3.05, 3.63) is 65.3 Å². The fourth-order valence-corrected chi connectivity index (χ4v) is 2.91. The molecule has 0 amide bonds. The Bertz CT molecular complexity index is 1180. The van der Waals surface area contributed by atoms with Gasteiger partial charge in [0.25, 0.3) is 5.56 Å². The second kappa shape index (κ2) is 7.51. The molecule has 4 aromatic rings. The maximum atomic E-state index is 12.1. The van der Waals surface area contributed by atoms with Crippen LogP contribution in [0.25, 0.3) is 22.2 Å². The molecule has 0 radical (unpaired) electrons. The number of methoxy groups -OCH3 is 1. The van der Waals surface area contributed by atoms with Gasteiger partial charge in [-0.25, -0.2) is 4.68 Å². The van der Waals surface area contributed by atoms with Crippen LogP contribution in [0, 0.1) is 0 Å². The summed E-state index contributed by atoms with van der Waals surface area (Å²) in [6.45, 7) is 0.626. The minimum absolute atomic E-state index is 0.180. The number of hydrogen-bond acceptors (Lipinski definition) is 6. The molecule has 8 heteroatoms. The summed E-state index contributed by atoms with van der Waals surface area (Å²) >= 11 is 0. The molecular formula is C20H19N5O3.